The Labute approximate surface area is 117 Å². The van der Waals surface area contributed by atoms with E-state index in [-0.39, 0.29) is 17.7 Å². The SMILES string of the molecule is CCOC(=O)C(C(=O)CC(C)C)C1CCCCCC1. The summed E-state index contributed by atoms with van der Waals surface area (Å²) < 4.78 is 5.14. The molecule has 0 aromatic rings. The molecule has 0 aliphatic heterocycles. The van der Waals surface area contributed by atoms with Gasteiger partial charge in [-0.3, -0.25) is 9.59 Å². The minimum atomic E-state index is -0.513. The molecule has 0 saturated heterocycles. The van der Waals surface area contributed by atoms with Crippen LogP contribution in [0.2, 0.25) is 0 Å². The summed E-state index contributed by atoms with van der Waals surface area (Å²) in [6.45, 7) is 6.20. The molecule has 0 aromatic heterocycles. The van der Waals surface area contributed by atoms with Gasteiger partial charge in [0, 0.05) is 6.42 Å². The van der Waals surface area contributed by atoms with Crippen molar-refractivity contribution in [2.75, 3.05) is 6.61 Å². The van der Waals surface area contributed by atoms with Crippen molar-refractivity contribution >= 4 is 11.8 Å². The molecule has 1 aliphatic carbocycles. The van der Waals surface area contributed by atoms with E-state index in [1.165, 1.54) is 12.8 Å². The zero-order valence-electron chi connectivity index (χ0n) is 12.6. The van der Waals surface area contributed by atoms with Crippen molar-refractivity contribution in [3.05, 3.63) is 0 Å². The predicted octanol–water partition coefficient (Wildman–Crippen LogP) is 3.75. The molecular weight excluding hydrogens is 240 g/mol. The fourth-order valence-electron chi connectivity index (χ4n) is 2.99. The van der Waals surface area contributed by atoms with Gasteiger partial charge in [0.05, 0.1) is 6.61 Å². The summed E-state index contributed by atoms with van der Waals surface area (Å²) in [5.41, 5.74) is 0. The lowest BCUT2D eigenvalue weighted by atomic mass is 9.81. The van der Waals surface area contributed by atoms with Gasteiger partial charge >= 0.3 is 5.97 Å². The number of hydrogen-bond donors (Lipinski definition) is 0. The first-order valence-electron chi connectivity index (χ1n) is 7.75. The summed E-state index contributed by atoms with van der Waals surface area (Å²) >= 11 is 0. The second kappa shape index (κ2) is 8.34. The van der Waals surface area contributed by atoms with E-state index in [1.807, 2.05) is 13.8 Å². The molecule has 0 bridgehead atoms. The monoisotopic (exact) mass is 268 g/mol. The van der Waals surface area contributed by atoms with Gasteiger partial charge < -0.3 is 4.74 Å². The summed E-state index contributed by atoms with van der Waals surface area (Å²) in [6, 6.07) is 0. The van der Waals surface area contributed by atoms with Crippen LogP contribution in [0, 0.1) is 17.8 Å². The van der Waals surface area contributed by atoms with Crippen LogP contribution in [0.1, 0.15) is 65.7 Å². The number of hydrogen-bond acceptors (Lipinski definition) is 3. The Hall–Kier alpha value is -0.860. The van der Waals surface area contributed by atoms with Gasteiger partial charge in [-0.2, -0.15) is 0 Å². The molecule has 19 heavy (non-hydrogen) atoms. The number of rotatable bonds is 6. The second-order valence-electron chi connectivity index (χ2n) is 6.05. The molecule has 3 nitrogen and oxygen atoms in total. The molecule has 1 rings (SSSR count). The number of esters is 1. The molecule has 1 fully saturated rings. The molecule has 0 aromatic carbocycles. The van der Waals surface area contributed by atoms with Crippen LogP contribution >= 0.6 is 0 Å². The van der Waals surface area contributed by atoms with Crippen molar-refractivity contribution in [1.29, 1.82) is 0 Å². The second-order valence-corrected chi connectivity index (χ2v) is 6.05. The quantitative estimate of drug-likeness (QED) is 0.418. The van der Waals surface area contributed by atoms with Crippen molar-refractivity contribution in [2.45, 2.75) is 65.7 Å². The van der Waals surface area contributed by atoms with Crippen molar-refractivity contribution < 1.29 is 14.3 Å². The first-order chi connectivity index (χ1) is 9.06. The average molecular weight is 268 g/mol. The largest absolute Gasteiger partial charge is 0.465 e. The lowest BCUT2D eigenvalue weighted by Gasteiger charge is -2.24. The molecule has 0 spiro atoms. The Bertz CT molecular complexity index is 288. The van der Waals surface area contributed by atoms with Crippen LogP contribution in [0.4, 0.5) is 0 Å². The van der Waals surface area contributed by atoms with Crippen LogP contribution in [0.15, 0.2) is 0 Å². The van der Waals surface area contributed by atoms with Gasteiger partial charge in [-0.1, -0.05) is 39.5 Å². The van der Waals surface area contributed by atoms with Gasteiger partial charge in [0.25, 0.3) is 0 Å². The van der Waals surface area contributed by atoms with Gasteiger partial charge in [0.15, 0.2) is 0 Å². The van der Waals surface area contributed by atoms with E-state index in [1.54, 1.807) is 6.92 Å². The molecule has 1 unspecified atom stereocenters. The standard InChI is InChI=1S/C16H28O3/c1-4-19-16(18)15(14(17)11-12(2)3)13-9-7-5-6-8-10-13/h12-13,15H,4-11H2,1-3H3. The Morgan fingerprint density at radius 3 is 2.16 bits per heavy atom. The van der Waals surface area contributed by atoms with Crippen molar-refractivity contribution in [1.82, 2.24) is 0 Å². The maximum absolute atomic E-state index is 12.4. The molecule has 1 atom stereocenters. The van der Waals surface area contributed by atoms with Gasteiger partial charge in [-0.25, -0.2) is 0 Å². The molecule has 1 saturated carbocycles. The molecule has 0 amide bonds. The minimum absolute atomic E-state index is 0.0837. The normalized spacial score (nSPS) is 18.9. The van der Waals surface area contributed by atoms with E-state index >= 15 is 0 Å². The maximum Gasteiger partial charge on any atom is 0.316 e. The van der Waals surface area contributed by atoms with Crippen molar-refractivity contribution in [3.63, 3.8) is 0 Å². The first-order valence-corrected chi connectivity index (χ1v) is 7.75. The van der Waals surface area contributed by atoms with Crippen LogP contribution < -0.4 is 0 Å². The lowest BCUT2D eigenvalue weighted by Crippen LogP contribution is -2.33. The van der Waals surface area contributed by atoms with E-state index in [0.29, 0.717) is 18.9 Å². The average Bonchev–Trinajstić information content (AvgIpc) is 2.57. The molecule has 3 heteroatoms. The van der Waals surface area contributed by atoms with Crippen LogP contribution in [-0.4, -0.2) is 18.4 Å². The molecule has 110 valence electrons. The van der Waals surface area contributed by atoms with Gasteiger partial charge in [-0.05, 0) is 31.6 Å². The smallest absolute Gasteiger partial charge is 0.316 e. The van der Waals surface area contributed by atoms with Crippen molar-refractivity contribution in [3.8, 4) is 0 Å². The summed E-state index contributed by atoms with van der Waals surface area (Å²) in [6.07, 6.45) is 7.19. The summed E-state index contributed by atoms with van der Waals surface area (Å²) in [5, 5.41) is 0. The number of ether oxygens (including phenoxy) is 1. The van der Waals surface area contributed by atoms with Crippen LogP contribution in [0.3, 0.4) is 0 Å². The third-order valence-electron chi connectivity index (χ3n) is 3.87. The fraction of sp³-hybridized carbons (Fsp3) is 0.875. The molecule has 0 N–H and O–H groups in total. The molecule has 1 aliphatic rings. The third-order valence-corrected chi connectivity index (χ3v) is 3.87. The topological polar surface area (TPSA) is 43.4 Å². The van der Waals surface area contributed by atoms with Crippen LogP contribution in [0.5, 0.6) is 0 Å². The van der Waals surface area contributed by atoms with Gasteiger partial charge in [-0.15, -0.1) is 0 Å². The van der Waals surface area contributed by atoms with Gasteiger partial charge in [0.1, 0.15) is 11.7 Å². The number of carbonyl (C=O) groups excluding carboxylic acids is 2. The third kappa shape index (κ3) is 5.33. The zero-order chi connectivity index (χ0) is 14.3. The Balaban J connectivity index is 2.77. The highest BCUT2D eigenvalue weighted by molar-refractivity contribution is 5.99. The predicted molar refractivity (Wildman–Crippen MR) is 75.8 cm³/mol. The van der Waals surface area contributed by atoms with Crippen LogP contribution in [-0.2, 0) is 14.3 Å². The van der Waals surface area contributed by atoms with Crippen molar-refractivity contribution in [2.24, 2.45) is 17.8 Å². The maximum atomic E-state index is 12.4. The summed E-state index contributed by atoms with van der Waals surface area (Å²) in [4.78, 5) is 24.5. The highest BCUT2D eigenvalue weighted by Crippen LogP contribution is 2.31. The molecular formula is C16H28O3. The van der Waals surface area contributed by atoms with E-state index in [2.05, 4.69) is 0 Å². The fourth-order valence-corrected chi connectivity index (χ4v) is 2.99. The van der Waals surface area contributed by atoms with Crippen LogP contribution in [0.25, 0.3) is 0 Å². The highest BCUT2D eigenvalue weighted by atomic mass is 16.5. The van der Waals surface area contributed by atoms with E-state index in [9.17, 15) is 9.59 Å². The number of Topliss-reactive ketones (excluding diaryl/α,β-unsaturated/α-hetero) is 1. The van der Waals surface area contributed by atoms with E-state index < -0.39 is 5.92 Å². The molecule has 0 heterocycles. The summed E-state index contributed by atoms with van der Waals surface area (Å²) in [7, 11) is 0. The Morgan fingerprint density at radius 2 is 1.68 bits per heavy atom. The number of ketones is 1. The Kier molecular flexibility index (Phi) is 7.11. The lowest BCUT2D eigenvalue weighted by molar-refractivity contribution is -0.154. The summed E-state index contributed by atoms with van der Waals surface area (Å²) in [5.74, 6) is -0.219. The minimum Gasteiger partial charge on any atom is -0.465 e. The number of carbonyl (C=O) groups is 2. The zero-order valence-corrected chi connectivity index (χ0v) is 12.6. The Morgan fingerprint density at radius 1 is 1.11 bits per heavy atom. The van der Waals surface area contributed by atoms with E-state index in [4.69, 9.17) is 4.74 Å². The first kappa shape index (κ1) is 16.2. The van der Waals surface area contributed by atoms with E-state index in [0.717, 1.165) is 25.7 Å². The molecule has 0 radical (unpaired) electrons. The highest BCUT2D eigenvalue weighted by Gasteiger charge is 2.35. The van der Waals surface area contributed by atoms with Gasteiger partial charge in [0.2, 0.25) is 0 Å².